The summed E-state index contributed by atoms with van der Waals surface area (Å²) in [7, 11) is 1.90. The van der Waals surface area contributed by atoms with Crippen LogP contribution in [0.15, 0.2) is 18.2 Å². The van der Waals surface area contributed by atoms with Crippen molar-refractivity contribution in [3.05, 3.63) is 29.6 Å². The highest BCUT2D eigenvalue weighted by atomic mass is 19.1. The Kier molecular flexibility index (Phi) is 3.71. The van der Waals surface area contributed by atoms with Gasteiger partial charge in [-0.1, -0.05) is 0 Å². The zero-order valence-electron chi connectivity index (χ0n) is 8.02. The highest BCUT2D eigenvalue weighted by molar-refractivity contribution is 5.45. The first kappa shape index (κ1) is 9.99. The number of anilines is 1. The molecule has 0 atom stereocenters. The topological polar surface area (TPSA) is 24.1 Å². The molecule has 13 heavy (non-hydrogen) atoms. The smallest absolute Gasteiger partial charge is 0.126 e. The SMILES string of the molecule is CNCCNc1ccc(F)c(C)c1. The van der Waals surface area contributed by atoms with Crippen LogP contribution >= 0.6 is 0 Å². The fraction of sp³-hybridized carbons (Fsp3) is 0.400. The second-order valence-electron chi connectivity index (χ2n) is 2.99. The van der Waals surface area contributed by atoms with Gasteiger partial charge in [-0.05, 0) is 37.7 Å². The predicted molar refractivity (Wildman–Crippen MR) is 53.6 cm³/mol. The quantitative estimate of drug-likeness (QED) is 0.693. The van der Waals surface area contributed by atoms with Crippen LogP contribution in [-0.2, 0) is 0 Å². The Labute approximate surface area is 78.2 Å². The van der Waals surface area contributed by atoms with Gasteiger partial charge in [-0.2, -0.15) is 0 Å². The Morgan fingerprint density at radius 3 is 2.69 bits per heavy atom. The monoisotopic (exact) mass is 182 g/mol. The van der Waals surface area contributed by atoms with E-state index in [0.717, 1.165) is 18.8 Å². The van der Waals surface area contributed by atoms with Gasteiger partial charge in [0.2, 0.25) is 0 Å². The molecule has 0 saturated heterocycles. The first-order chi connectivity index (χ1) is 6.24. The molecule has 0 aromatic heterocycles. The summed E-state index contributed by atoms with van der Waals surface area (Å²) in [5, 5.41) is 6.21. The molecule has 1 aromatic carbocycles. The lowest BCUT2D eigenvalue weighted by Gasteiger charge is -2.06. The highest BCUT2D eigenvalue weighted by Gasteiger charge is 1.97. The van der Waals surface area contributed by atoms with Crippen molar-refractivity contribution in [3.63, 3.8) is 0 Å². The lowest BCUT2D eigenvalue weighted by atomic mass is 10.2. The van der Waals surface area contributed by atoms with Gasteiger partial charge in [0.15, 0.2) is 0 Å². The van der Waals surface area contributed by atoms with Gasteiger partial charge in [0.1, 0.15) is 5.82 Å². The van der Waals surface area contributed by atoms with E-state index in [-0.39, 0.29) is 5.82 Å². The van der Waals surface area contributed by atoms with Crippen LogP contribution in [0.25, 0.3) is 0 Å². The number of aryl methyl sites for hydroxylation is 1. The first-order valence-corrected chi connectivity index (χ1v) is 4.38. The number of benzene rings is 1. The van der Waals surface area contributed by atoms with Crippen LogP contribution in [0.1, 0.15) is 5.56 Å². The molecular weight excluding hydrogens is 167 g/mol. The lowest BCUT2D eigenvalue weighted by molar-refractivity contribution is 0.618. The molecule has 0 amide bonds. The van der Waals surface area contributed by atoms with Gasteiger partial charge in [0, 0.05) is 18.8 Å². The molecular formula is C10H15FN2. The molecule has 0 radical (unpaired) electrons. The third-order valence-corrected chi connectivity index (χ3v) is 1.86. The fourth-order valence-electron chi connectivity index (χ4n) is 1.09. The molecule has 3 heteroatoms. The molecule has 0 saturated carbocycles. The average Bonchev–Trinajstić information content (AvgIpc) is 2.12. The van der Waals surface area contributed by atoms with Crippen LogP contribution in [0.2, 0.25) is 0 Å². The maximum Gasteiger partial charge on any atom is 0.126 e. The van der Waals surface area contributed by atoms with Gasteiger partial charge in [0.05, 0.1) is 0 Å². The maximum absolute atomic E-state index is 12.8. The Bertz CT molecular complexity index is 274. The fourth-order valence-corrected chi connectivity index (χ4v) is 1.09. The number of likely N-dealkylation sites (N-methyl/N-ethyl adjacent to an activating group) is 1. The third-order valence-electron chi connectivity index (χ3n) is 1.86. The van der Waals surface area contributed by atoms with Crippen LogP contribution in [0, 0.1) is 12.7 Å². The minimum Gasteiger partial charge on any atom is -0.384 e. The Morgan fingerprint density at radius 1 is 1.31 bits per heavy atom. The molecule has 0 aliphatic carbocycles. The van der Waals surface area contributed by atoms with Crippen LogP contribution in [0.5, 0.6) is 0 Å². The first-order valence-electron chi connectivity index (χ1n) is 4.38. The molecule has 0 aliphatic rings. The molecule has 2 nitrogen and oxygen atoms in total. The second-order valence-corrected chi connectivity index (χ2v) is 2.99. The van der Waals surface area contributed by atoms with Crippen LogP contribution < -0.4 is 10.6 Å². The van der Waals surface area contributed by atoms with Crippen molar-refractivity contribution in [1.82, 2.24) is 5.32 Å². The van der Waals surface area contributed by atoms with E-state index in [1.807, 2.05) is 13.1 Å². The van der Waals surface area contributed by atoms with Gasteiger partial charge >= 0.3 is 0 Å². The molecule has 2 N–H and O–H groups in total. The van der Waals surface area contributed by atoms with E-state index >= 15 is 0 Å². The molecule has 0 spiro atoms. The minimum absolute atomic E-state index is 0.154. The van der Waals surface area contributed by atoms with Crippen molar-refractivity contribution < 1.29 is 4.39 Å². The van der Waals surface area contributed by atoms with Crippen LogP contribution in [0.3, 0.4) is 0 Å². The van der Waals surface area contributed by atoms with Crippen molar-refractivity contribution in [1.29, 1.82) is 0 Å². The van der Waals surface area contributed by atoms with Crippen LogP contribution in [-0.4, -0.2) is 20.1 Å². The second kappa shape index (κ2) is 4.82. The summed E-state index contributed by atoms with van der Waals surface area (Å²) in [5.41, 5.74) is 1.64. The maximum atomic E-state index is 12.8. The summed E-state index contributed by atoms with van der Waals surface area (Å²) in [6, 6.07) is 5.04. The van der Waals surface area contributed by atoms with E-state index in [2.05, 4.69) is 10.6 Å². The Hall–Kier alpha value is -1.09. The summed E-state index contributed by atoms with van der Waals surface area (Å²) in [6.45, 7) is 3.51. The number of hydrogen-bond acceptors (Lipinski definition) is 2. The van der Waals surface area contributed by atoms with Crippen molar-refractivity contribution in [2.24, 2.45) is 0 Å². The van der Waals surface area contributed by atoms with Crippen molar-refractivity contribution in [3.8, 4) is 0 Å². The number of nitrogens with one attached hydrogen (secondary N) is 2. The van der Waals surface area contributed by atoms with Gasteiger partial charge in [0.25, 0.3) is 0 Å². The van der Waals surface area contributed by atoms with Crippen molar-refractivity contribution in [2.45, 2.75) is 6.92 Å². The summed E-state index contributed by atoms with van der Waals surface area (Å²) >= 11 is 0. The number of hydrogen-bond donors (Lipinski definition) is 2. The van der Waals surface area contributed by atoms with E-state index < -0.39 is 0 Å². The van der Waals surface area contributed by atoms with Gasteiger partial charge in [-0.25, -0.2) is 4.39 Å². The zero-order chi connectivity index (χ0) is 9.68. The summed E-state index contributed by atoms with van der Waals surface area (Å²) < 4.78 is 12.8. The van der Waals surface area contributed by atoms with Crippen molar-refractivity contribution >= 4 is 5.69 Å². The minimum atomic E-state index is -0.154. The standard InChI is InChI=1S/C10H15FN2/c1-8-7-9(3-4-10(8)11)13-6-5-12-2/h3-4,7,12-13H,5-6H2,1-2H3. The lowest BCUT2D eigenvalue weighted by Crippen LogP contribution is -2.17. The predicted octanol–water partition coefficient (Wildman–Crippen LogP) is 1.77. The van der Waals surface area contributed by atoms with E-state index in [4.69, 9.17) is 0 Å². The molecule has 1 aromatic rings. The van der Waals surface area contributed by atoms with Crippen LogP contribution in [0.4, 0.5) is 10.1 Å². The normalized spacial score (nSPS) is 10.1. The van der Waals surface area contributed by atoms with Crippen molar-refractivity contribution in [2.75, 3.05) is 25.5 Å². The molecule has 0 unspecified atom stereocenters. The average molecular weight is 182 g/mol. The molecule has 0 heterocycles. The van der Waals surface area contributed by atoms with E-state index in [1.54, 1.807) is 13.0 Å². The number of halogens is 1. The molecule has 1 rings (SSSR count). The summed E-state index contributed by atoms with van der Waals surface area (Å²) in [4.78, 5) is 0. The van der Waals surface area contributed by atoms with E-state index in [1.165, 1.54) is 6.07 Å². The van der Waals surface area contributed by atoms with Gasteiger partial charge < -0.3 is 10.6 Å². The van der Waals surface area contributed by atoms with Gasteiger partial charge in [-0.3, -0.25) is 0 Å². The Morgan fingerprint density at radius 2 is 2.08 bits per heavy atom. The number of rotatable bonds is 4. The summed E-state index contributed by atoms with van der Waals surface area (Å²) in [5.74, 6) is -0.154. The summed E-state index contributed by atoms with van der Waals surface area (Å²) in [6.07, 6.45) is 0. The Balaban J connectivity index is 2.53. The molecule has 0 fully saturated rings. The molecule has 0 bridgehead atoms. The van der Waals surface area contributed by atoms with E-state index in [0.29, 0.717) is 5.56 Å². The van der Waals surface area contributed by atoms with Gasteiger partial charge in [-0.15, -0.1) is 0 Å². The molecule has 0 aliphatic heterocycles. The third kappa shape index (κ3) is 3.03. The van der Waals surface area contributed by atoms with E-state index in [9.17, 15) is 4.39 Å². The largest absolute Gasteiger partial charge is 0.384 e. The zero-order valence-corrected chi connectivity index (χ0v) is 8.02. The highest BCUT2D eigenvalue weighted by Crippen LogP contribution is 2.12. The molecule has 72 valence electrons.